The maximum atomic E-state index is 2.66. The third-order valence-electron chi connectivity index (χ3n) is 13.1. The van der Waals surface area contributed by atoms with E-state index >= 15 is 0 Å². The minimum Gasteiger partial charge on any atom is -0.327 e. The molecule has 6 aromatic carbocycles. The number of hydrogen-bond donors (Lipinski definition) is 0. The predicted octanol–water partition coefficient (Wildman–Crippen LogP) is 12.5. The molecule has 0 fully saturated rings. The molecule has 0 saturated carbocycles. The highest BCUT2D eigenvalue weighted by molar-refractivity contribution is 6.10. The zero-order valence-corrected chi connectivity index (χ0v) is 30.1. The summed E-state index contributed by atoms with van der Waals surface area (Å²) < 4.78 is 2.48. The lowest BCUT2D eigenvalue weighted by Gasteiger charge is -2.59. The first-order valence-electron chi connectivity index (χ1n) is 18.7. The molecule has 250 valence electrons. The Morgan fingerprint density at radius 1 is 0.558 bits per heavy atom. The third kappa shape index (κ3) is 3.55. The van der Waals surface area contributed by atoms with Crippen LogP contribution in [0.1, 0.15) is 44.4 Å². The minimum absolute atomic E-state index is 0.228. The molecule has 2 aliphatic heterocycles. The van der Waals surface area contributed by atoms with Gasteiger partial charge in [-0.1, -0.05) is 134 Å². The molecule has 52 heavy (non-hydrogen) atoms. The summed E-state index contributed by atoms with van der Waals surface area (Å²) in [6.45, 7) is 9.87. The Hall–Kier alpha value is -5.86. The number of para-hydroxylation sites is 4. The van der Waals surface area contributed by atoms with Crippen LogP contribution in [0.25, 0.3) is 44.2 Å². The van der Waals surface area contributed by atoms with Crippen molar-refractivity contribution >= 4 is 38.8 Å². The van der Waals surface area contributed by atoms with Crippen molar-refractivity contribution in [3.05, 3.63) is 192 Å². The van der Waals surface area contributed by atoms with Crippen LogP contribution in [0.3, 0.4) is 0 Å². The van der Waals surface area contributed by atoms with E-state index in [1.54, 1.807) is 5.57 Å². The molecular formula is C50H40N2. The summed E-state index contributed by atoms with van der Waals surface area (Å²) in [7, 11) is 0. The number of nitrogens with zero attached hydrogens (tertiary/aromatic N) is 2. The van der Waals surface area contributed by atoms with Crippen LogP contribution in [0.5, 0.6) is 0 Å². The van der Waals surface area contributed by atoms with E-state index in [0.29, 0.717) is 0 Å². The van der Waals surface area contributed by atoms with E-state index in [1.807, 2.05) is 0 Å². The Morgan fingerprint density at radius 3 is 2.04 bits per heavy atom. The van der Waals surface area contributed by atoms with Gasteiger partial charge in [-0.3, -0.25) is 0 Å². The maximum absolute atomic E-state index is 2.66. The number of benzene rings is 6. The number of hydrogen-bond acceptors (Lipinski definition) is 1. The van der Waals surface area contributed by atoms with Crippen LogP contribution in [0.2, 0.25) is 0 Å². The largest absolute Gasteiger partial charge is 0.327 e. The smallest absolute Gasteiger partial charge is 0.0906 e. The first-order valence-corrected chi connectivity index (χ1v) is 18.7. The Bertz CT molecular complexity index is 2760. The van der Waals surface area contributed by atoms with Crippen LogP contribution < -0.4 is 4.90 Å². The van der Waals surface area contributed by atoms with Crippen molar-refractivity contribution in [2.75, 3.05) is 4.90 Å². The molecule has 2 nitrogen and oxygen atoms in total. The molecule has 0 amide bonds. The molecule has 0 spiro atoms. The van der Waals surface area contributed by atoms with Crippen LogP contribution in [-0.4, -0.2) is 10.1 Å². The molecule has 2 heteroatoms. The van der Waals surface area contributed by atoms with Crippen molar-refractivity contribution in [2.45, 2.75) is 44.1 Å². The van der Waals surface area contributed by atoms with E-state index in [9.17, 15) is 0 Å². The van der Waals surface area contributed by atoms with Crippen LogP contribution in [0.15, 0.2) is 175 Å². The molecule has 4 aliphatic rings. The average molecular weight is 669 g/mol. The van der Waals surface area contributed by atoms with Crippen molar-refractivity contribution in [3.63, 3.8) is 0 Å². The number of aromatic nitrogens is 1. The van der Waals surface area contributed by atoms with Crippen molar-refractivity contribution < 1.29 is 0 Å². The van der Waals surface area contributed by atoms with Crippen LogP contribution in [-0.2, 0) is 10.8 Å². The molecule has 3 heterocycles. The van der Waals surface area contributed by atoms with E-state index < -0.39 is 0 Å². The topological polar surface area (TPSA) is 8.17 Å². The fraction of sp³-hybridized carbons (Fsp3) is 0.160. The summed E-state index contributed by atoms with van der Waals surface area (Å²) in [5.41, 5.74) is 16.5. The van der Waals surface area contributed by atoms with Crippen molar-refractivity contribution in [3.8, 4) is 16.8 Å². The summed E-state index contributed by atoms with van der Waals surface area (Å²) in [4.78, 5) is 2.66. The standard InChI is InChI=1S/C50H40N2/c1-32-28-29-48(2)39-21-11-15-25-45(39)52-44-24-14-10-20-37(44)40-31-49(3,46(32)47(48)50(40,52)4)34-26-27-43-38(30-34)36-19-9-13-23-42(36)51(43)41-22-12-8-18-35(41)33-16-6-5-7-17-33/h5-32H,1-4H3. The number of fused-ring (bicyclic) bond motifs is 9. The summed E-state index contributed by atoms with van der Waals surface area (Å²) in [6.07, 6.45) is 7.66. The van der Waals surface area contributed by atoms with Gasteiger partial charge in [-0.05, 0) is 96.5 Å². The van der Waals surface area contributed by atoms with Gasteiger partial charge in [-0.25, -0.2) is 0 Å². The molecule has 4 unspecified atom stereocenters. The Balaban J connectivity index is 1.20. The highest BCUT2D eigenvalue weighted by atomic mass is 15.3. The molecule has 7 aromatic rings. The van der Waals surface area contributed by atoms with E-state index in [-0.39, 0.29) is 22.3 Å². The second kappa shape index (κ2) is 10.1. The van der Waals surface area contributed by atoms with Crippen LogP contribution >= 0.6 is 0 Å². The van der Waals surface area contributed by atoms with Crippen LogP contribution in [0, 0.1) is 5.92 Å². The average Bonchev–Trinajstić information content (AvgIpc) is 3.65. The number of rotatable bonds is 3. The second-order valence-corrected chi connectivity index (χ2v) is 15.8. The summed E-state index contributed by atoms with van der Waals surface area (Å²) >= 11 is 0. The molecular weight excluding hydrogens is 629 g/mol. The molecule has 11 rings (SSSR count). The highest BCUT2D eigenvalue weighted by Crippen LogP contribution is 2.69. The van der Waals surface area contributed by atoms with Gasteiger partial charge in [0.05, 0.1) is 22.3 Å². The van der Waals surface area contributed by atoms with E-state index in [0.717, 1.165) is 0 Å². The quantitative estimate of drug-likeness (QED) is 0.170. The number of allylic oxidation sites excluding steroid dienone is 4. The van der Waals surface area contributed by atoms with Crippen molar-refractivity contribution in [1.29, 1.82) is 0 Å². The van der Waals surface area contributed by atoms with Gasteiger partial charge in [0.1, 0.15) is 0 Å². The maximum Gasteiger partial charge on any atom is 0.0906 e. The van der Waals surface area contributed by atoms with Gasteiger partial charge in [0.2, 0.25) is 0 Å². The summed E-state index contributed by atoms with van der Waals surface area (Å²) in [5.74, 6) is 0.285. The molecule has 0 bridgehead atoms. The molecule has 0 saturated heterocycles. The van der Waals surface area contributed by atoms with Crippen LogP contribution in [0.4, 0.5) is 11.4 Å². The summed E-state index contributed by atoms with van der Waals surface area (Å²) in [5, 5.41) is 2.57. The van der Waals surface area contributed by atoms with Gasteiger partial charge in [0.15, 0.2) is 0 Å². The zero-order chi connectivity index (χ0) is 35.0. The first-order chi connectivity index (χ1) is 25.3. The Morgan fingerprint density at radius 2 is 1.21 bits per heavy atom. The molecule has 4 atom stereocenters. The minimum atomic E-state index is -0.329. The van der Waals surface area contributed by atoms with Gasteiger partial charge in [-0.2, -0.15) is 0 Å². The monoisotopic (exact) mass is 668 g/mol. The van der Waals surface area contributed by atoms with Crippen molar-refractivity contribution in [1.82, 2.24) is 4.57 Å². The fourth-order valence-electron chi connectivity index (χ4n) is 10.9. The number of anilines is 2. The normalized spacial score (nSPS) is 25.3. The van der Waals surface area contributed by atoms with Gasteiger partial charge >= 0.3 is 0 Å². The van der Waals surface area contributed by atoms with Gasteiger partial charge in [0, 0.05) is 44.1 Å². The molecule has 1 aromatic heterocycles. The first kappa shape index (κ1) is 29.8. The second-order valence-electron chi connectivity index (χ2n) is 15.8. The zero-order valence-electron chi connectivity index (χ0n) is 30.1. The van der Waals surface area contributed by atoms with E-state index in [2.05, 4.69) is 201 Å². The van der Waals surface area contributed by atoms with Gasteiger partial charge < -0.3 is 9.47 Å². The SMILES string of the molecule is CC1C=CC2(C)C3=C1C(C)(c1ccc4c(c1)c1ccccc1n4-c1ccccc1-c1ccccc1)C=C1c4ccccc4N(c4ccccc42)C13C. The van der Waals surface area contributed by atoms with Crippen molar-refractivity contribution in [2.24, 2.45) is 5.92 Å². The lowest BCUT2D eigenvalue weighted by molar-refractivity contribution is 0.457. The predicted molar refractivity (Wildman–Crippen MR) is 218 cm³/mol. The Kier molecular flexibility index (Phi) is 5.82. The molecule has 0 radical (unpaired) electrons. The fourth-order valence-corrected chi connectivity index (χ4v) is 10.9. The lowest BCUT2D eigenvalue weighted by Crippen LogP contribution is -2.57. The highest BCUT2D eigenvalue weighted by Gasteiger charge is 2.62. The third-order valence-corrected chi connectivity index (χ3v) is 13.1. The Labute approximate surface area is 305 Å². The van der Waals surface area contributed by atoms with Gasteiger partial charge in [-0.15, -0.1) is 0 Å². The van der Waals surface area contributed by atoms with E-state index in [4.69, 9.17) is 0 Å². The summed E-state index contributed by atoms with van der Waals surface area (Å²) in [6, 6.07) is 54.1. The van der Waals surface area contributed by atoms with E-state index in [1.165, 1.54) is 77.8 Å². The van der Waals surface area contributed by atoms with Gasteiger partial charge in [0.25, 0.3) is 0 Å². The molecule has 2 aliphatic carbocycles. The lowest BCUT2D eigenvalue weighted by atomic mass is 9.51. The molecule has 0 N–H and O–H groups in total.